The number of carbonyl (C=O) groups is 2. The summed E-state index contributed by atoms with van der Waals surface area (Å²) in [5, 5.41) is 13.2. The van der Waals surface area contributed by atoms with Crippen LogP contribution < -0.4 is 15.8 Å². The summed E-state index contributed by atoms with van der Waals surface area (Å²) < 4.78 is 5.97. The number of nitrogens with zero attached hydrogens (tertiary/aromatic N) is 3. The van der Waals surface area contributed by atoms with E-state index in [0.29, 0.717) is 58.4 Å². The molecule has 40 heavy (non-hydrogen) atoms. The van der Waals surface area contributed by atoms with Crippen molar-refractivity contribution in [2.24, 2.45) is 0 Å². The van der Waals surface area contributed by atoms with Crippen LogP contribution in [0.15, 0.2) is 48.7 Å². The first kappa shape index (κ1) is 31.1. The topological polar surface area (TPSA) is 131 Å². The number of nitrogens with one attached hydrogen (secondary N) is 1. The van der Waals surface area contributed by atoms with Gasteiger partial charge in [-0.05, 0) is 69.8 Å². The molecule has 4 rings (SSSR count). The number of hydrogen-bond acceptors (Lipinski definition) is 7. The average molecular weight is 589 g/mol. The summed E-state index contributed by atoms with van der Waals surface area (Å²) in [5.41, 5.74) is 7.75. The molecule has 0 bridgehead atoms. The number of anilines is 1. The molecule has 1 fully saturated rings. The van der Waals surface area contributed by atoms with Crippen molar-refractivity contribution < 1.29 is 19.4 Å². The van der Waals surface area contributed by atoms with Crippen LogP contribution >= 0.6 is 24.0 Å². The molecule has 9 nitrogen and oxygen atoms in total. The molecule has 3 aromatic rings. The molecule has 1 amide bonds. The van der Waals surface area contributed by atoms with Gasteiger partial charge in [-0.2, -0.15) is 0 Å². The van der Waals surface area contributed by atoms with E-state index in [1.54, 1.807) is 48.7 Å². The van der Waals surface area contributed by atoms with Crippen molar-refractivity contribution in [3.63, 3.8) is 0 Å². The SMILES string of the molecule is CN(C)CCCOc1cc(-c2nc(C(=O)NC3(C(=O)O)CCCCC3)ccc2-c2ncccc2N)ccc1Cl.Cl. The van der Waals surface area contributed by atoms with Crippen LogP contribution in [0, 0.1) is 0 Å². The summed E-state index contributed by atoms with van der Waals surface area (Å²) in [6, 6.07) is 12.1. The highest BCUT2D eigenvalue weighted by molar-refractivity contribution is 6.32. The molecule has 4 N–H and O–H groups in total. The van der Waals surface area contributed by atoms with Gasteiger partial charge in [0.15, 0.2) is 0 Å². The Morgan fingerprint density at radius 2 is 1.88 bits per heavy atom. The number of ether oxygens (including phenoxy) is 1. The van der Waals surface area contributed by atoms with Crippen LogP contribution in [0.4, 0.5) is 5.69 Å². The molecule has 0 unspecified atom stereocenters. The van der Waals surface area contributed by atoms with Crippen molar-refractivity contribution in [2.45, 2.75) is 44.1 Å². The van der Waals surface area contributed by atoms with E-state index < -0.39 is 17.4 Å². The Morgan fingerprint density at radius 1 is 1.12 bits per heavy atom. The molecule has 11 heteroatoms. The fraction of sp³-hybridized carbons (Fsp3) is 0.379. The van der Waals surface area contributed by atoms with Gasteiger partial charge in [-0.1, -0.05) is 36.9 Å². The van der Waals surface area contributed by atoms with Gasteiger partial charge in [-0.25, -0.2) is 9.78 Å². The lowest BCUT2D eigenvalue weighted by Crippen LogP contribution is -2.55. The second-order valence-corrected chi connectivity index (χ2v) is 10.5. The number of carbonyl (C=O) groups excluding carboxylic acids is 1. The monoisotopic (exact) mass is 587 g/mol. The van der Waals surface area contributed by atoms with Crippen molar-refractivity contribution in [2.75, 3.05) is 33.0 Å². The second kappa shape index (κ2) is 13.8. The van der Waals surface area contributed by atoms with Crippen molar-refractivity contribution in [1.82, 2.24) is 20.2 Å². The first-order valence-corrected chi connectivity index (χ1v) is 13.4. The Labute approximate surface area is 245 Å². The smallest absolute Gasteiger partial charge is 0.329 e. The van der Waals surface area contributed by atoms with Crippen LogP contribution in [-0.2, 0) is 4.79 Å². The van der Waals surface area contributed by atoms with Crippen molar-refractivity contribution in [1.29, 1.82) is 0 Å². The molecular weight excluding hydrogens is 553 g/mol. The van der Waals surface area contributed by atoms with Gasteiger partial charge in [0, 0.05) is 23.9 Å². The quantitative estimate of drug-likeness (QED) is 0.272. The third kappa shape index (κ3) is 7.21. The Kier molecular flexibility index (Phi) is 10.7. The Morgan fingerprint density at radius 3 is 2.55 bits per heavy atom. The van der Waals surface area contributed by atoms with Crippen LogP contribution in [0.25, 0.3) is 22.5 Å². The highest BCUT2D eigenvalue weighted by Crippen LogP contribution is 2.37. The van der Waals surface area contributed by atoms with E-state index in [4.69, 9.17) is 27.1 Å². The number of aliphatic carboxylic acids is 1. The molecule has 0 spiro atoms. The Hall–Kier alpha value is -3.40. The lowest BCUT2D eigenvalue weighted by molar-refractivity contribution is -0.145. The molecule has 0 atom stereocenters. The maximum absolute atomic E-state index is 13.3. The summed E-state index contributed by atoms with van der Waals surface area (Å²) in [7, 11) is 4.00. The van der Waals surface area contributed by atoms with Crippen LogP contribution in [-0.4, -0.2) is 64.6 Å². The van der Waals surface area contributed by atoms with E-state index in [0.717, 1.165) is 32.2 Å². The zero-order valence-electron chi connectivity index (χ0n) is 22.7. The number of amides is 1. The molecule has 2 heterocycles. The highest BCUT2D eigenvalue weighted by atomic mass is 35.5. The second-order valence-electron chi connectivity index (χ2n) is 10.1. The first-order valence-electron chi connectivity index (χ1n) is 13.1. The number of aromatic nitrogens is 2. The van der Waals surface area contributed by atoms with Crippen LogP contribution in [0.5, 0.6) is 5.75 Å². The normalized spacial score (nSPS) is 14.3. The Bertz CT molecular complexity index is 1350. The molecule has 1 aliphatic carbocycles. The third-order valence-electron chi connectivity index (χ3n) is 6.90. The van der Waals surface area contributed by atoms with E-state index in [1.165, 1.54) is 0 Å². The Balaban J connectivity index is 0.00000441. The molecule has 214 valence electrons. The predicted octanol–water partition coefficient (Wildman–Crippen LogP) is 5.32. The largest absolute Gasteiger partial charge is 0.492 e. The number of pyridine rings is 2. The van der Waals surface area contributed by atoms with Gasteiger partial charge in [-0.15, -0.1) is 12.4 Å². The van der Waals surface area contributed by atoms with E-state index in [1.807, 2.05) is 14.1 Å². The van der Waals surface area contributed by atoms with Crippen molar-refractivity contribution in [3.05, 3.63) is 59.4 Å². The van der Waals surface area contributed by atoms with Crippen LogP contribution in [0.3, 0.4) is 0 Å². The fourth-order valence-corrected chi connectivity index (χ4v) is 4.96. The molecule has 1 aliphatic rings. The van der Waals surface area contributed by atoms with Gasteiger partial charge in [0.2, 0.25) is 0 Å². The van der Waals surface area contributed by atoms with Crippen molar-refractivity contribution >= 4 is 41.6 Å². The number of carboxylic acid groups (broad SMARTS) is 1. The van der Waals surface area contributed by atoms with E-state index in [-0.39, 0.29) is 18.1 Å². The lowest BCUT2D eigenvalue weighted by atomic mass is 9.81. The number of halogens is 2. The summed E-state index contributed by atoms with van der Waals surface area (Å²) in [6.07, 6.45) is 5.66. The molecule has 1 saturated carbocycles. The highest BCUT2D eigenvalue weighted by Gasteiger charge is 2.41. The number of rotatable bonds is 10. The van der Waals surface area contributed by atoms with Crippen molar-refractivity contribution in [3.8, 4) is 28.3 Å². The molecule has 2 aromatic heterocycles. The molecular formula is C29H35Cl2N5O4. The van der Waals surface area contributed by atoms with E-state index in [9.17, 15) is 14.7 Å². The maximum Gasteiger partial charge on any atom is 0.329 e. The third-order valence-corrected chi connectivity index (χ3v) is 7.22. The van der Waals surface area contributed by atoms with Gasteiger partial charge in [-0.3, -0.25) is 9.78 Å². The van der Waals surface area contributed by atoms with Crippen LogP contribution in [0.1, 0.15) is 49.0 Å². The van der Waals surface area contributed by atoms with Gasteiger partial charge >= 0.3 is 5.97 Å². The lowest BCUT2D eigenvalue weighted by Gasteiger charge is -2.33. The molecule has 0 saturated heterocycles. The first-order chi connectivity index (χ1) is 18.7. The standard InChI is InChI=1S/C29H34ClN5O4.ClH/c1-35(2)16-7-17-39-24-18-19(9-11-21(24)30)25-20(26-22(31)8-6-15-32-26)10-12-23(33-25)27(36)34-29(28(37)38)13-4-3-5-14-29;/h6,8-12,15,18H,3-5,7,13-14,16-17,31H2,1-2H3,(H,34,36)(H,37,38);1H. The van der Waals surface area contributed by atoms with Gasteiger partial charge in [0.25, 0.3) is 5.91 Å². The number of nitrogens with two attached hydrogens (primary N) is 1. The van der Waals surface area contributed by atoms with Gasteiger partial charge < -0.3 is 25.8 Å². The summed E-state index contributed by atoms with van der Waals surface area (Å²) in [4.78, 5) is 36.7. The number of hydrogen-bond donors (Lipinski definition) is 3. The van der Waals surface area contributed by atoms with Gasteiger partial charge in [0.1, 0.15) is 17.0 Å². The zero-order chi connectivity index (χ0) is 28.0. The predicted molar refractivity (Wildman–Crippen MR) is 159 cm³/mol. The van der Waals surface area contributed by atoms with Gasteiger partial charge in [0.05, 0.1) is 28.7 Å². The minimum atomic E-state index is -1.30. The summed E-state index contributed by atoms with van der Waals surface area (Å²) >= 11 is 6.43. The van der Waals surface area contributed by atoms with E-state index >= 15 is 0 Å². The van der Waals surface area contributed by atoms with Crippen LogP contribution in [0.2, 0.25) is 5.02 Å². The minimum Gasteiger partial charge on any atom is -0.492 e. The summed E-state index contributed by atoms with van der Waals surface area (Å²) in [5.74, 6) is -1.07. The number of carboxylic acids is 1. The maximum atomic E-state index is 13.3. The fourth-order valence-electron chi connectivity index (χ4n) is 4.79. The zero-order valence-corrected chi connectivity index (χ0v) is 24.2. The minimum absolute atomic E-state index is 0. The summed E-state index contributed by atoms with van der Waals surface area (Å²) in [6.45, 7) is 1.35. The number of nitrogen functional groups attached to an aromatic ring is 1. The number of benzene rings is 1. The molecule has 1 aromatic carbocycles. The molecule has 0 radical (unpaired) electrons. The van der Waals surface area contributed by atoms with E-state index in [2.05, 4.69) is 15.2 Å². The molecule has 0 aliphatic heterocycles. The average Bonchev–Trinajstić information content (AvgIpc) is 2.92.